The molecule has 0 aromatic heterocycles. The van der Waals surface area contributed by atoms with E-state index in [9.17, 15) is 35.1 Å². The fraction of sp³-hybridized carbons (Fsp3) is 0.520. The number of carbonyl (C=O) groups excluding carboxylic acids is 2. The van der Waals surface area contributed by atoms with E-state index >= 15 is 0 Å². The second kappa shape index (κ2) is 8.90. The summed E-state index contributed by atoms with van der Waals surface area (Å²) in [5.41, 5.74) is 1.00. The highest BCUT2D eigenvalue weighted by molar-refractivity contribution is 6.19. The van der Waals surface area contributed by atoms with Gasteiger partial charge in [-0.3, -0.25) is 9.59 Å². The minimum Gasteiger partial charge on any atom is -0.511 e. The lowest BCUT2D eigenvalue weighted by Crippen LogP contribution is -2.60. The average Bonchev–Trinajstić information content (AvgIpc) is 3.37. The highest BCUT2D eigenvalue weighted by Crippen LogP contribution is 2.44. The molecule has 7 unspecified atom stereocenters. The summed E-state index contributed by atoms with van der Waals surface area (Å²) in [4.78, 5) is 26.9. The smallest absolute Gasteiger partial charge is 0.229 e. The molecule has 9 nitrogen and oxygen atoms in total. The van der Waals surface area contributed by atoms with Crippen LogP contribution >= 0.6 is 0 Å². The number of hydrogen-bond acceptors (Lipinski definition) is 9. The molecule has 7 atom stereocenters. The lowest BCUT2D eigenvalue weighted by Gasteiger charge is -2.40. The Kier molecular flexibility index (Phi) is 6.07. The van der Waals surface area contributed by atoms with E-state index in [1.165, 1.54) is 18.2 Å². The molecule has 34 heavy (non-hydrogen) atoms. The van der Waals surface area contributed by atoms with Crippen LogP contribution in [0.25, 0.3) is 0 Å². The molecule has 182 valence electrons. The molecule has 0 radical (unpaired) electrons. The molecule has 1 aromatic carbocycles. The molecule has 1 aliphatic heterocycles. The van der Waals surface area contributed by atoms with Gasteiger partial charge in [0.05, 0.1) is 24.0 Å². The lowest BCUT2D eigenvalue weighted by molar-refractivity contribution is -0.277. The Bertz CT molecular complexity index is 1050. The van der Waals surface area contributed by atoms with Crippen LogP contribution in [0.1, 0.15) is 46.4 Å². The summed E-state index contributed by atoms with van der Waals surface area (Å²) in [6.07, 6.45) is 0.0180. The highest BCUT2D eigenvalue weighted by Gasteiger charge is 2.48. The Labute approximate surface area is 195 Å². The van der Waals surface area contributed by atoms with E-state index in [-0.39, 0.29) is 34.3 Å². The second-order valence-electron chi connectivity index (χ2n) is 9.44. The van der Waals surface area contributed by atoms with Gasteiger partial charge in [0.25, 0.3) is 0 Å². The van der Waals surface area contributed by atoms with Crippen molar-refractivity contribution in [2.45, 2.75) is 56.4 Å². The molecule has 2 fully saturated rings. The van der Waals surface area contributed by atoms with Crippen LogP contribution in [0.15, 0.2) is 41.7 Å². The third-order valence-electron chi connectivity index (χ3n) is 7.41. The molecule has 9 heteroatoms. The van der Waals surface area contributed by atoms with Crippen LogP contribution in [0.3, 0.4) is 0 Å². The van der Waals surface area contributed by atoms with Gasteiger partial charge in [-0.15, -0.1) is 0 Å². The van der Waals surface area contributed by atoms with Crippen molar-refractivity contribution in [3.8, 4) is 5.75 Å². The monoisotopic (exact) mass is 472 g/mol. The molecule has 3 aliphatic carbocycles. The molecule has 0 bridgehead atoms. The van der Waals surface area contributed by atoms with Crippen LogP contribution in [0.5, 0.6) is 5.75 Å². The van der Waals surface area contributed by atoms with E-state index in [0.29, 0.717) is 0 Å². The first kappa shape index (κ1) is 23.2. The SMILES string of the molecule is O=C1c2cccc(OC3OC(CO)C(O)C(O)C3O)c2C(=O)C2C(O)=CC(C3CCCC3)=CC12. The number of ketones is 2. The van der Waals surface area contributed by atoms with Gasteiger partial charge >= 0.3 is 0 Å². The lowest BCUT2D eigenvalue weighted by atomic mass is 9.69. The van der Waals surface area contributed by atoms with Crippen LogP contribution in [0.2, 0.25) is 0 Å². The van der Waals surface area contributed by atoms with E-state index in [2.05, 4.69) is 0 Å². The molecule has 1 saturated carbocycles. The van der Waals surface area contributed by atoms with Crippen molar-refractivity contribution in [2.75, 3.05) is 6.61 Å². The first-order valence-corrected chi connectivity index (χ1v) is 11.6. The molecule has 4 aliphatic rings. The number of benzene rings is 1. The largest absolute Gasteiger partial charge is 0.511 e. The number of aliphatic hydroxyl groups is 5. The zero-order valence-corrected chi connectivity index (χ0v) is 18.4. The van der Waals surface area contributed by atoms with E-state index in [0.717, 1.165) is 31.3 Å². The number of aliphatic hydroxyl groups excluding tert-OH is 5. The maximum atomic E-state index is 13.5. The van der Waals surface area contributed by atoms with Gasteiger partial charge in [-0.2, -0.15) is 0 Å². The Morgan fingerprint density at radius 1 is 1.00 bits per heavy atom. The Balaban J connectivity index is 1.48. The molecule has 1 aromatic rings. The fourth-order valence-corrected chi connectivity index (χ4v) is 5.55. The number of carbonyl (C=O) groups is 2. The van der Waals surface area contributed by atoms with Gasteiger partial charge in [-0.1, -0.05) is 31.1 Å². The van der Waals surface area contributed by atoms with Crippen molar-refractivity contribution < 1.29 is 44.6 Å². The summed E-state index contributed by atoms with van der Waals surface area (Å²) in [7, 11) is 0. The summed E-state index contributed by atoms with van der Waals surface area (Å²) in [6, 6.07) is 4.48. The number of Topliss-reactive ketones (excluding diaryl/α,β-unsaturated/α-hetero) is 2. The molecule has 1 heterocycles. The van der Waals surface area contributed by atoms with E-state index in [4.69, 9.17) is 9.47 Å². The van der Waals surface area contributed by atoms with Gasteiger partial charge in [-0.05, 0) is 36.5 Å². The zero-order valence-electron chi connectivity index (χ0n) is 18.4. The van der Waals surface area contributed by atoms with Gasteiger partial charge in [-0.25, -0.2) is 0 Å². The number of rotatable bonds is 4. The molecule has 5 N–H and O–H groups in total. The van der Waals surface area contributed by atoms with Gasteiger partial charge in [0.2, 0.25) is 6.29 Å². The van der Waals surface area contributed by atoms with Crippen LogP contribution < -0.4 is 4.74 Å². The first-order valence-electron chi connectivity index (χ1n) is 11.6. The first-order chi connectivity index (χ1) is 16.3. The molecule has 0 spiro atoms. The summed E-state index contributed by atoms with van der Waals surface area (Å²) >= 11 is 0. The van der Waals surface area contributed by atoms with Gasteiger partial charge in [0.1, 0.15) is 35.9 Å². The number of hydrogen-bond donors (Lipinski definition) is 5. The maximum absolute atomic E-state index is 13.5. The normalized spacial score (nSPS) is 35.9. The van der Waals surface area contributed by atoms with Gasteiger partial charge in [0, 0.05) is 5.56 Å². The van der Waals surface area contributed by atoms with Crippen LogP contribution in [-0.2, 0) is 4.74 Å². The van der Waals surface area contributed by atoms with Crippen molar-refractivity contribution in [1.29, 1.82) is 0 Å². The predicted octanol–water partition coefficient (Wildman–Crippen LogP) is 1.05. The number of allylic oxidation sites excluding steroid dienone is 4. The molecular weight excluding hydrogens is 444 g/mol. The van der Waals surface area contributed by atoms with E-state index in [1.807, 2.05) is 6.08 Å². The third-order valence-corrected chi connectivity index (χ3v) is 7.41. The standard InChI is InChI=1S/C25H28O9/c26-10-17-21(29)23(31)24(32)25(34-17)33-16-7-3-6-13-19(16)22(30)18-14(20(13)28)8-12(9-15(18)27)11-4-1-2-5-11/h3,6-9,11,14,17-18,21,23-27,29,31-32H,1-2,4-5,10H2. The Morgan fingerprint density at radius 3 is 2.44 bits per heavy atom. The van der Waals surface area contributed by atoms with Crippen LogP contribution in [0, 0.1) is 17.8 Å². The minimum absolute atomic E-state index is 0.0385. The van der Waals surface area contributed by atoms with Crippen molar-refractivity contribution in [1.82, 2.24) is 0 Å². The molecular formula is C25H28O9. The quantitative estimate of drug-likeness (QED) is 0.433. The molecule has 1 saturated heterocycles. The summed E-state index contributed by atoms with van der Waals surface area (Å²) in [5.74, 6) is -2.61. The van der Waals surface area contributed by atoms with Crippen molar-refractivity contribution in [3.63, 3.8) is 0 Å². The molecule has 0 amide bonds. The topological polar surface area (TPSA) is 154 Å². The Morgan fingerprint density at radius 2 is 1.74 bits per heavy atom. The van der Waals surface area contributed by atoms with Crippen LogP contribution in [0.4, 0.5) is 0 Å². The van der Waals surface area contributed by atoms with Gasteiger partial charge in [0.15, 0.2) is 11.6 Å². The average molecular weight is 472 g/mol. The zero-order chi connectivity index (χ0) is 24.1. The van der Waals surface area contributed by atoms with Crippen molar-refractivity contribution in [2.24, 2.45) is 17.8 Å². The maximum Gasteiger partial charge on any atom is 0.229 e. The van der Waals surface area contributed by atoms with Crippen molar-refractivity contribution >= 4 is 11.6 Å². The Hall–Kier alpha value is -2.56. The number of fused-ring (bicyclic) bond motifs is 2. The van der Waals surface area contributed by atoms with Crippen LogP contribution in [-0.4, -0.2) is 74.4 Å². The minimum atomic E-state index is -1.67. The second-order valence-corrected chi connectivity index (χ2v) is 9.44. The van der Waals surface area contributed by atoms with E-state index < -0.39 is 54.9 Å². The predicted molar refractivity (Wildman–Crippen MR) is 117 cm³/mol. The highest BCUT2D eigenvalue weighted by atomic mass is 16.7. The summed E-state index contributed by atoms with van der Waals surface area (Å²) in [6.45, 7) is -0.632. The number of ether oxygens (including phenoxy) is 2. The molecule has 5 rings (SSSR count). The summed E-state index contributed by atoms with van der Waals surface area (Å²) < 4.78 is 11.1. The van der Waals surface area contributed by atoms with E-state index in [1.54, 1.807) is 6.08 Å². The third kappa shape index (κ3) is 3.68. The summed E-state index contributed by atoms with van der Waals surface area (Å²) in [5, 5.41) is 50.5. The van der Waals surface area contributed by atoms with Crippen molar-refractivity contribution in [3.05, 3.63) is 52.8 Å². The fourth-order valence-electron chi connectivity index (χ4n) is 5.55. The van der Waals surface area contributed by atoms with Gasteiger partial charge < -0.3 is 35.0 Å².